The molecule has 0 aliphatic carbocycles. The molecule has 0 fully saturated rings. The van der Waals surface area contributed by atoms with Crippen molar-refractivity contribution in [2.45, 2.75) is 39.8 Å². The molecule has 0 amide bonds. The van der Waals surface area contributed by atoms with Crippen LogP contribution in [0.25, 0.3) is 23.3 Å². The summed E-state index contributed by atoms with van der Waals surface area (Å²) < 4.78 is 4.66. The van der Waals surface area contributed by atoms with Crippen LogP contribution >= 0.6 is 0 Å². The summed E-state index contributed by atoms with van der Waals surface area (Å²) in [6.45, 7) is 4.87. The summed E-state index contributed by atoms with van der Waals surface area (Å²) in [5.74, 6) is 0.614. The average molecular weight is 367 g/mol. The van der Waals surface area contributed by atoms with E-state index in [0.29, 0.717) is 42.2 Å². The number of aryl methyl sites for hydroxylation is 2. The number of hydrogen-bond donors (Lipinski definition) is 1. The van der Waals surface area contributed by atoms with Gasteiger partial charge in [0, 0.05) is 25.8 Å². The zero-order chi connectivity index (χ0) is 19.6. The van der Waals surface area contributed by atoms with Gasteiger partial charge in [-0.05, 0) is 36.6 Å². The summed E-state index contributed by atoms with van der Waals surface area (Å²) in [5, 5.41) is 0. The van der Waals surface area contributed by atoms with Crippen LogP contribution in [0.1, 0.15) is 38.1 Å². The van der Waals surface area contributed by atoms with E-state index in [0.717, 1.165) is 12.0 Å². The van der Waals surface area contributed by atoms with Gasteiger partial charge in [0.15, 0.2) is 11.2 Å². The molecule has 7 heteroatoms. The highest BCUT2D eigenvalue weighted by Crippen LogP contribution is 2.15. The van der Waals surface area contributed by atoms with E-state index < -0.39 is 0 Å². The van der Waals surface area contributed by atoms with Gasteiger partial charge in [-0.25, -0.2) is 9.78 Å². The van der Waals surface area contributed by atoms with Crippen LogP contribution in [0.2, 0.25) is 0 Å². The van der Waals surface area contributed by atoms with E-state index in [-0.39, 0.29) is 11.2 Å². The minimum atomic E-state index is -0.291. The molecule has 0 saturated heterocycles. The maximum Gasteiger partial charge on any atom is 0.332 e. The molecule has 1 aromatic carbocycles. The van der Waals surface area contributed by atoms with Crippen LogP contribution in [-0.2, 0) is 20.1 Å². The SMILES string of the molecule is CCCn1c(=O)c2c(nc(/C=C/c3cccc(N)c3)n2C)n(CCC)c1=O. The largest absolute Gasteiger partial charge is 0.399 e. The minimum absolute atomic E-state index is 0.289. The zero-order valence-electron chi connectivity index (χ0n) is 16.0. The van der Waals surface area contributed by atoms with Crippen molar-refractivity contribution in [3.05, 3.63) is 56.5 Å². The van der Waals surface area contributed by atoms with Crippen molar-refractivity contribution in [3.8, 4) is 0 Å². The van der Waals surface area contributed by atoms with Gasteiger partial charge in [-0.2, -0.15) is 0 Å². The highest BCUT2D eigenvalue weighted by atomic mass is 16.2. The first-order valence-corrected chi connectivity index (χ1v) is 9.21. The molecule has 0 aliphatic rings. The molecule has 0 bridgehead atoms. The van der Waals surface area contributed by atoms with Gasteiger partial charge in [0.05, 0.1) is 0 Å². The molecule has 142 valence electrons. The first-order valence-electron chi connectivity index (χ1n) is 9.21. The summed E-state index contributed by atoms with van der Waals surface area (Å²) in [7, 11) is 1.80. The van der Waals surface area contributed by atoms with Gasteiger partial charge in [-0.1, -0.05) is 32.1 Å². The van der Waals surface area contributed by atoms with Crippen LogP contribution in [-0.4, -0.2) is 18.7 Å². The average Bonchev–Trinajstić information content (AvgIpc) is 2.97. The molecule has 2 heterocycles. The Morgan fingerprint density at radius 2 is 1.78 bits per heavy atom. The second kappa shape index (κ2) is 7.65. The van der Waals surface area contributed by atoms with E-state index in [9.17, 15) is 9.59 Å². The molecule has 7 nitrogen and oxygen atoms in total. The first-order chi connectivity index (χ1) is 13.0. The standard InChI is InChI=1S/C20H25N5O2/c1-4-11-24-18-17(19(26)25(12-5-2)20(24)27)23(3)16(22-18)10-9-14-7-6-8-15(21)13-14/h6-10,13H,4-5,11-12,21H2,1-3H3/b10-9+. The summed E-state index contributed by atoms with van der Waals surface area (Å²) >= 11 is 0. The molecule has 3 aromatic rings. The lowest BCUT2D eigenvalue weighted by Crippen LogP contribution is -2.40. The summed E-state index contributed by atoms with van der Waals surface area (Å²) in [6.07, 6.45) is 5.22. The van der Waals surface area contributed by atoms with Gasteiger partial charge in [0.2, 0.25) is 0 Å². The number of anilines is 1. The van der Waals surface area contributed by atoms with Crippen molar-refractivity contribution in [2.75, 3.05) is 5.73 Å². The summed E-state index contributed by atoms with van der Waals surface area (Å²) in [5.41, 5.74) is 7.75. The Labute approximate surface area is 157 Å². The number of rotatable bonds is 6. The van der Waals surface area contributed by atoms with Crippen molar-refractivity contribution >= 4 is 29.0 Å². The monoisotopic (exact) mass is 367 g/mol. The van der Waals surface area contributed by atoms with Crippen LogP contribution < -0.4 is 17.0 Å². The fraction of sp³-hybridized carbons (Fsp3) is 0.350. The van der Waals surface area contributed by atoms with Crippen molar-refractivity contribution in [3.63, 3.8) is 0 Å². The predicted octanol–water partition coefficient (Wildman–Crippen LogP) is 2.47. The Bertz CT molecular complexity index is 1120. The van der Waals surface area contributed by atoms with E-state index in [1.54, 1.807) is 16.2 Å². The Hall–Kier alpha value is -3.09. The molecule has 27 heavy (non-hydrogen) atoms. The summed E-state index contributed by atoms with van der Waals surface area (Å²) in [4.78, 5) is 30.2. The fourth-order valence-electron chi connectivity index (χ4n) is 3.21. The highest BCUT2D eigenvalue weighted by Gasteiger charge is 2.18. The Morgan fingerprint density at radius 1 is 1.07 bits per heavy atom. The van der Waals surface area contributed by atoms with E-state index in [2.05, 4.69) is 4.98 Å². The molecular formula is C20H25N5O2. The van der Waals surface area contributed by atoms with Gasteiger partial charge >= 0.3 is 5.69 Å². The third-order valence-electron chi connectivity index (χ3n) is 4.51. The smallest absolute Gasteiger partial charge is 0.332 e. The van der Waals surface area contributed by atoms with Crippen LogP contribution in [0, 0.1) is 0 Å². The lowest BCUT2D eigenvalue weighted by Gasteiger charge is -2.10. The second-order valence-corrected chi connectivity index (χ2v) is 6.60. The van der Waals surface area contributed by atoms with Crippen molar-refractivity contribution in [1.29, 1.82) is 0 Å². The van der Waals surface area contributed by atoms with Gasteiger partial charge in [-0.15, -0.1) is 0 Å². The molecule has 0 atom stereocenters. The number of benzene rings is 1. The lowest BCUT2D eigenvalue weighted by atomic mass is 10.2. The quantitative estimate of drug-likeness (QED) is 0.678. The van der Waals surface area contributed by atoms with Crippen LogP contribution in [0.3, 0.4) is 0 Å². The number of aromatic nitrogens is 4. The van der Waals surface area contributed by atoms with Gasteiger partial charge in [-0.3, -0.25) is 13.9 Å². The van der Waals surface area contributed by atoms with Gasteiger partial charge in [0.1, 0.15) is 5.82 Å². The van der Waals surface area contributed by atoms with Crippen molar-refractivity contribution in [2.24, 2.45) is 7.05 Å². The Balaban J connectivity index is 2.21. The minimum Gasteiger partial charge on any atom is -0.399 e. The van der Waals surface area contributed by atoms with E-state index in [4.69, 9.17) is 5.73 Å². The zero-order valence-corrected chi connectivity index (χ0v) is 16.0. The molecule has 2 aromatic heterocycles. The number of imidazole rings is 1. The normalized spacial score (nSPS) is 11.7. The number of nitrogen functional groups attached to an aromatic ring is 1. The number of hydrogen-bond acceptors (Lipinski definition) is 4. The third kappa shape index (κ3) is 3.45. The van der Waals surface area contributed by atoms with Gasteiger partial charge < -0.3 is 10.3 Å². The molecule has 0 spiro atoms. The maximum atomic E-state index is 12.9. The van der Waals surface area contributed by atoms with Crippen LogP contribution in [0.15, 0.2) is 33.9 Å². The maximum absolute atomic E-state index is 12.9. The third-order valence-corrected chi connectivity index (χ3v) is 4.51. The molecule has 0 radical (unpaired) electrons. The Morgan fingerprint density at radius 3 is 2.44 bits per heavy atom. The van der Waals surface area contributed by atoms with Crippen LogP contribution in [0.4, 0.5) is 5.69 Å². The molecule has 0 aliphatic heterocycles. The molecule has 3 rings (SSSR count). The first kappa shape index (κ1) is 18.7. The van der Waals surface area contributed by atoms with Crippen LogP contribution in [0.5, 0.6) is 0 Å². The Kier molecular flexibility index (Phi) is 5.30. The lowest BCUT2D eigenvalue weighted by molar-refractivity contribution is 0.554. The molecule has 2 N–H and O–H groups in total. The molecular weight excluding hydrogens is 342 g/mol. The van der Waals surface area contributed by atoms with Crippen molar-refractivity contribution < 1.29 is 0 Å². The number of nitrogens with zero attached hydrogens (tertiary/aromatic N) is 4. The highest BCUT2D eigenvalue weighted by molar-refractivity contribution is 5.77. The number of fused-ring (bicyclic) bond motifs is 1. The van der Waals surface area contributed by atoms with Gasteiger partial charge in [0.25, 0.3) is 5.56 Å². The topological polar surface area (TPSA) is 87.8 Å². The van der Waals surface area contributed by atoms with Crippen molar-refractivity contribution in [1.82, 2.24) is 18.7 Å². The van der Waals surface area contributed by atoms with E-state index in [1.807, 2.05) is 50.3 Å². The fourth-order valence-corrected chi connectivity index (χ4v) is 3.21. The summed E-state index contributed by atoms with van der Waals surface area (Å²) in [6, 6.07) is 7.51. The predicted molar refractivity (Wildman–Crippen MR) is 110 cm³/mol. The number of nitrogens with two attached hydrogens (primary N) is 1. The van der Waals surface area contributed by atoms with E-state index in [1.165, 1.54) is 4.57 Å². The molecule has 0 unspecified atom stereocenters. The molecule has 0 saturated carbocycles. The van der Waals surface area contributed by atoms with E-state index >= 15 is 0 Å². The second-order valence-electron chi connectivity index (χ2n) is 6.60.